The second-order valence-corrected chi connectivity index (χ2v) is 7.53. The van der Waals surface area contributed by atoms with E-state index >= 15 is 0 Å². The van der Waals surface area contributed by atoms with E-state index < -0.39 is 23.6 Å². The van der Waals surface area contributed by atoms with E-state index in [1.54, 1.807) is 31.3 Å². The van der Waals surface area contributed by atoms with Gasteiger partial charge in [-0.25, -0.2) is 13.6 Å². The Morgan fingerprint density at radius 2 is 1.79 bits per heavy atom. The predicted octanol–water partition coefficient (Wildman–Crippen LogP) is 5.51. The minimum absolute atomic E-state index is 0.105. The van der Waals surface area contributed by atoms with Crippen LogP contribution in [0.1, 0.15) is 16.1 Å². The molecular formula is C23H17ClF2N4O3. The molecule has 0 radical (unpaired) electrons. The molecule has 10 heteroatoms. The fraction of sp³-hybridized carbons (Fsp3) is 0.0870. The van der Waals surface area contributed by atoms with Crippen LogP contribution in [0.15, 0.2) is 60.7 Å². The van der Waals surface area contributed by atoms with E-state index in [-0.39, 0.29) is 17.3 Å². The smallest absolute Gasteiger partial charge is 0.411 e. The number of aryl methyl sites for hydroxylation is 1. The van der Waals surface area contributed by atoms with Crippen LogP contribution >= 0.6 is 11.6 Å². The SMILES string of the molecule is Cn1nc2ccc(NC(=O)OCc3cccc(F)c3)cc2c1C(=O)Nc1ccc(F)c(Cl)c1. The summed E-state index contributed by atoms with van der Waals surface area (Å²) in [5, 5.41) is 9.89. The van der Waals surface area contributed by atoms with E-state index in [2.05, 4.69) is 15.7 Å². The van der Waals surface area contributed by atoms with Gasteiger partial charge in [-0.1, -0.05) is 23.7 Å². The molecule has 7 nitrogen and oxygen atoms in total. The Balaban J connectivity index is 1.50. The summed E-state index contributed by atoms with van der Waals surface area (Å²) in [6.45, 7) is -0.105. The van der Waals surface area contributed by atoms with Crippen LogP contribution in [0.5, 0.6) is 0 Å². The molecule has 4 aromatic rings. The fourth-order valence-electron chi connectivity index (χ4n) is 3.24. The van der Waals surface area contributed by atoms with Gasteiger partial charge >= 0.3 is 6.09 Å². The lowest BCUT2D eigenvalue weighted by atomic mass is 10.1. The van der Waals surface area contributed by atoms with Crippen molar-refractivity contribution in [2.24, 2.45) is 7.05 Å². The zero-order valence-corrected chi connectivity index (χ0v) is 18.0. The van der Waals surface area contributed by atoms with Gasteiger partial charge in [0.1, 0.15) is 23.9 Å². The minimum atomic E-state index is -0.741. The highest BCUT2D eigenvalue weighted by atomic mass is 35.5. The first kappa shape index (κ1) is 22.2. The van der Waals surface area contributed by atoms with E-state index in [0.717, 1.165) is 6.07 Å². The molecule has 0 fully saturated rings. The highest BCUT2D eigenvalue weighted by Crippen LogP contribution is 2.25. The van der Waals surface area contributed by atoms with Crippen LogP contribution < -0.4 is 10.6 Å². The van der Waals surface area contributed by atoms with Crippen molar-refractivity contribution in [2.75, 3.05) is 10.6 Å². The van der Waals surface area contributed by atoms with E-state index in [4.69, 9.17) is 16.3 Å². The van der Waals surface area contributed by atoms with Crippen LogP contribution in [0.4, 0.5) is 25.0 Å². The molecule has 3 aromatic carbocycles. The van der Waals surface area contributed by atoms with Crippen LogP contribution in [0.3, 0.4) is 0 Å². The van der Waals surface area contributed by atoms with Crippen molar-refractivity contribution >= 4 is 45.9 Å². The van der Waals surface area contributed by atoms with Gasteiger partial charge in [-0.2, -0.15) is 5.10 Å². The van der Waals surface area contributed by atoms with Gasteiger partial charge in [-0.05, 0) is 54.1 Å². The predicted molar refractivity (Wildman–Crippen MR) is 120 cm³/mol. The number of hydrogen-bond acceptors (Lipinski definition) is 4. The van der Waals surface area contributed by atoms with Gasteiger partial charge in [0, 0.05) is 23.8 Å². The average molecular weight is 471 g/mol. The van der Waals surface area contributed by atoms with Crippen LogP contribution in [0.2, 0.25) is 5.02 Å². The molecule has 0 bridgehead atoms. The van der Waals surface area contributed by atoms with Gasteiger partial charge < -0.3 is 10.1 Å². The molecule has 168 valence electrons. The monoisotopic (exact) mass is 470 g/mol. The van der Waals surface area contributed by atoms with Crippen molar-refractivity contribution in [1.29, 1.82) is 0 Å². The van der Waals surface area contributed by atoms with Crippen molar-refractivity contribution in [2.45, 2.75) is 6.61 Å². The molecule has 0 atom stereocenters. The van der Waals surface area contributed by atoms with Gasteiger partial charge in [0.15, 0.2) is 0 Å². The molecule has 0 saturated carbocycles. The van der Waals surface area contributed by atoms with Gasteiger partial charge in [-0.15, -0.1) is 0 Å². The summed E-state index contributed by atoms with van der Waals surface area (Å²) in [6.07, 6.45) is -0.741. The van der Waals surface area contributed by atoms with Crippen LogP contribution in [0, 0.1) is 11.6 Å². The summed E-state index contributed by atoms with van der Waals surface area (Å²) >= 11 is 5.78. The second kappa shape index (κ2) is 9.25. The summed E-state index contributed by atoms with van der Waals surface area (Å²) < 4.78 is 33.1. The number of hydrogen-bond donors (Lipinski definition) is 2. The third kappa shape index (κ3) is 5.09. The van der Waals surface area contributed by atoms with E-state index in [9.17, 15) is 18.4 Å². The first-order valence-corrected chi connectivity index (χ1v) is 10.1. The summed E-state index contributed by atoms with van der Waals surface area (Å²) in [4.78, 5) is 25.0. The highest BCUT2D eigenvalue weighted by molar-refractivity contribution is 6.31. The maximum atomic E-state index is 13.4. The number of ether oxygens (including phenoxy) is 1. The minimum Gasteiger partial charge on any atom is -0.444 e. The first-order chi connectivity index (χ1) is 15.8. The number of nitrogens with one attached hydrogen (secondary N) is 2. The van der Waals surface area contributed by atoms with Gasteiger partial charge in [-0.3, -0.25) is 14.8 Å². The quantitative estimate of drug-likeness (QED) is 0.403. The number of benzene rings is 3. The fourth-order valence-corrected chi connectivity index (χ4v) is 3.42. The summed E-state index contributed by atoms with van der Waals surface area (Å²) in [5.74, 6) is -1.51. The van der Waals surface area contributed by atoms with Crippen molar-refractivity contribution in [3.8, 4) is 0 Å². The van der Waals surface area contributed by atoms with E-state index in [1.807, 2.05) is 0 Å². The Labute approximate surface area is 191 Å². The molecule has 4 rings (SSSR count). The summed E-state index contributed by atoms with van der Waals surface area (Å²) in [7, 11) is 1.60. The second-order valence-electron chi connectivity index (χ2n) is 7.12. The third-order valence-corrected chi connectivity index (χ3v) is 5.02. The number of rotatable bonds is 5. The maximum Gasteiger partial charge on any atom is 0.411 e. The molecule has 0 unspecified atom stereocenters. The molecule has 0 aliphatic rings. The zero-order valence-electron chi connectivity index (χ0n) is 17.2. The van der Waals surface area contributed by atoms with Crippen molar-refractivity contribution in [3.63, 3.8) is 0 Å². The Hall–Kier alpha value is -3.98. The lowest BCUT2D eigenvalue weighted by molar-refractivity contribution is 0.101. The molecule has 0 saturated heterocycles. The Morgan fingerprint density at radius 1 is 1.03 bits per heavy atom. The number of carbonyl (C=O) groups excluding carboxylic acids is 2. The topological polar surface area (TPSA) is 85.2 Å². The molecule has 2 amide bonds. The first-order valence-electron chi connectivity index (χ1n) is 9.71. The molecular weight excluding hydrogens is 454 g/mol. The molecule has 0 aliphatic carbocycles. The number of amides is 2. The van der Waals surface area contributed by atoms with Gasteiger partial charge in [0.05, 0.1) is 10.5 Å². The summed E-state index contributed by atoms with van der Waals surface area (Å²) in [6, 6.07) is 14.4. The largest absolute Gasteiger partial charge is 0.444 e. The Kier molecular flexibility index (Phi) is 6.23. The maximum absolute atomic E-state index is 13.4. The Morgan fingerprint density at radius 3 is 2.55 bits per heavy atom. The molecule has 0 spiro atoms. The number of aromatic nitrogens is 2. The zero-order chi connectivity index (χ0) is 23.5. The molecule has 1 heterocycles. The number of anilines is 2. The lowest BCUT2D eigenvalue weighted by Gasteiger charge is -2.08. The third-order valence-electron chi connectivity index (χ3n) is 4.73. The van der Waals surface area contributed by atoms with Crippen molar-refractivity contribution in [3.05, 3.63) is 88.6 Å². The number of halogens is 3. The molecule has 1 aromatic heterocycles. The summed E-state index contributed by atoms with van der Waals surface area (Å²) in [5.41, 5.74) is 1.95. The van der Waals surface area contributed by atoms with Gasteiger partial charge in [0.2, 0.25) is 0 Å². The normalized spacial score (nSPS) is 10.8. The number of fused-ring (bicyclic) bond motifs is 1. The Bertz CT molecular complexity index is 1370. The van der Waals surface area contributed by atoms with E-state index in [0.29, 0.717) is 27.8 Å². The average Bonchev–Trinajstić information content (AvgIpc) is 3.10. The number of carbonyl (C=O) groups is 2. The highest BCUT2D eigenvalue weighted by Gasteiger charge is 2.18. The molecule has 0 aliphatic heterocycles. The van der Waals surface area contributed by atoms with Gasteiger partial charge in [0.25, 0.3) is 5.91 Å². The standard InChI is InChI=1S/C23H17ClF2N4O3/c1-30-21(22(31)27-16-5-7-19(26)18(24)11-16)17-10-15(6-8-20(17)29-30)28-23(32)33-12-13-3-2-4-14(25)9-13/h2-11H,12H2,1H3,(H,27,31)(H,28,32). The van der Waals surface area contributed by atoms with Crippen LogP contribution in [-0.4, -0.2) is 21.8 Å². The van der Waals surface area contributed by atoms with Crippen molar-refractivity contribution < 1.29 is 23.1 Å². The molecule has 2 N–H and O–H groups in total. The molecule has 33 heavy (non-hydrogen) atoms. The lowest BCUT2D eigenvalue weighted by Crippen LogP contribution is -2.16. The van der Waals surface area contributed by atoms with E-state index in [1.165, 1.54) is 35.0 Å². The van der Waals surface area contributed by atoms with Crippen molar-refractivity contribution in [1.82, 2.24) is 9.78 Å². The van der Waals surface area contributed by atoms with Crippen LogP contribution in [0.25, 0.3) is 10.9 Å². The van der Waals surface area contributed by atoms with Crippen LogP contribution in [-0.2, 0) is 18.4 Å². The number of nitrogens with zero attached hydrogens (tertiary/aromatic N) is 2.